The zero-order valence-electron chi connectivity index (χ0n) is 12.6. The summed E-state index contributed by atoms with van der Waals surface area (Å²) >= 11 is 0. The summed E-state index contributed by atoms with van der Waals surface area (Å²) in [5.74, 6) is 3.12. The minimum Gasteiger partial charge on any atom is -0.325 e. The van der Waals surface area contributed by atoms with Gasteiger partial charge in [-0.05, 0) is 42.9 Å². The molecule has 1 heteroatoms. The molecule has 3 unspecified atom stereocenters. The van der Waals surface area contributed by atoms with Crippen molar-refractivity contribution in [3.63, 3.8) is 0 Å². The molecule has 0 amide bonds. The zero-order chi connectivity index (χ0) is 13.1. The number of hydrogen-bond acceptors (Lipinski definition) is 1. The summed E-state index contributed by atoms with van der Waals surface area (Å²) in [4.78, 5) is 0. The van der Waals surface area contributed by atoms with E-state index in [0.717, 1.165) is 23.7 Å². The average Bonchev–Trinajstić information content (AvgIpc) is 2.25. The largest absolute Gasteiger partial charge is 0.325 e. The fraction of sp³-hybridized carbons (Fsp3) is 1.00. The van der Waals surface area contributed by atoms with E-state index in [9.17, 15) is 0 Å². The monoisotopic (exact) mass is 239 g/mol. The van der Waals surface area contributed by atoms with Crippen LogP contribution in [0.15, 0.2) is 0 Å². The Balaban J connectivity index is 2.77. The molecule has 1 nitrogen and oxygen atoms in total. The molecule has 0 aromatic heterocycles. The van der Waals surface area contributed by atoms with E-state index >= 15 is 0 Å². The first kappa shape index (κ1) is 15.0. The molecule has 0 aromatic rings. The predicted octanol–water partition coefficient (Wildman–Crippen LogP) is 4.60. The highest BCUT2D eigenvalue weighted by Crippen LogP contribution is 2.43. The van der Waals surface area contributed by atoms with Crippen LogP contribution in [-0.4, -0.2) is 5.54 Å². The maximum absolute atomic E-state index is 6.85. The Kier molecular flexibility index (Phi) is 5.50. The van der Waals surface area contributed by atoms with Gasteiger partial charge >= 0.3 is 0 Å². The van der Waals surface area contributed by atoms with Crippen LogP contribution in [0.2, 0.25) is 0 Å². The van der Waals surface area contributed by atoms with Gasteiger partial charge in [0.1, 0.15) is 0 Å². The molecular weight excluding hydrogens is 206 g/mol. The van der Waals surface area contributed by atoms with Crippen LogP contribution in [0.25, 0.3) is 0 Å². The lowest BCUT2D eigenvalue weighted by Crippen LogP contribution is -2.53. The smallest absolute Gasteiger partial charge is 0.0190 e. The summed E-state index contributed by atoms with van der Waals surface area (Å²) in [6, 6.07) is 0. The van der Waals surface area contributed by atoms with Crippen molar-refractivity contribution in [2.75, 3.05) is 0 Å². The molecule has 0 saturated heterocycles. The van der Waals surface area contributed by atoms with Crippen LogP contribution in [-0.2, 0) is 0 Å². The summed E-state index contributed by atoms with van der Waals surface area (Å²) in [6.07, 6.45) is 7.78. The molecule has 3 atom stereocenters. The number of rotatable bonds is 5. The first-order valence-electron chi connectivity index (χ1n) is 7.71. The lowest BCUT2D eigenvalue weighted by Gasteiger charge is -2.47. The second kappa shape index (κ2) is 6.22. The minimum absolute atomic E-state index is 0.114. The van der Waals surface area contributed by atoms with Gasteiger partial charge in [-0.3, -0.25) is 0 Å². The van der Waals surface area contributed by atoms with Gasteiger partial charge in [-0.15, -0.1) is 0 Å². The molecule has 0 aromatic carbocycles. The molecule has 1 saturated carbocycles. The third-order valence-corrected chi connectivity index (χ3v) is 5.07. The van der Waals surface area contributed by atoms with Gasteiger partial charge in [0.25, 0.3) is 0 Å². The van der Waals surface area contributed by atoms with Crippen molar-refractivity contribution in [1.29, 1.82) is 0 Å². The second-order valence-corrected chi connectivity index (χ2v) is 6.86. The Hall–Kier alpha value is -0.0400. The van der Waals surface area contributed by atoms with E-state index in [2.05, 4.69) is 34.6 Å². The van der Waals surface area contributed by atoms with Gasteiger partial charge in [0, 0.05) is 5.54 Å². The molecule has 102 valence electrons. The SMILES string of the molecule is CCC(CC)CC1(N)CC(C)CCC1C(C)C. The molecule has 0 radical (unpaired) electrons. The summed E-state index contributed by atoms with van der Waals surface area (Å²) < 4.78 is 0. The Morgan fingerprint density at radius 1 is 1.18 bits per heavy atom. The molecule has 1 rings (SSSR count). The highest BCUT2D eigenvalue weighted by Gasteiger charge is 2.41. The van der Waals surface area contributed by atoms with E-state index in [4.69, 9.17) is 5.73 Å². The van der Waals surface area contributed by atoms with Crippen LogP contribution in [0.5, 0.6) is 0 Å². The fourth-order valence-corrected chi connectivity index (χ4v) is 4.00. The van der Waals surface area contributed by atoms with Crippen LogP contribution < -0.4 is 5.73 Å². The lowest BCUT2D eigenvalue weighted by molar-refractivity contribution is 0.0842. The standard InChI is InChI=1S/C16H33N/c1-6-14(7-2)11-16(17)10-13(5)8-9-15(16)12(3)4/h12-15H,6-11,17H2,1-5H3. The minimum atomic E-state index is 0.114. The Labute approximate surface area is 109 Å². The molecule has 1 fully saturated rings. The summed E-state index contributed by atoms with van der Waals surface area (Å²) in [7, 11) is 0. The van der Waals surface area contributed by atoms with Crippen molar-refractivity contribution in [3.05, 3.63) is 0 Å². The number of nitrogens with two attached hydrogens (primary N) is 1. The molecule has 2 N–H and O–H groups in total. The molecule has 0 aliphatic heterocycles. The maximum atomic E-state index is 6.85. The van der Waals surface area contributed by atoms with Gasteiger partial charge in [0.15, 0.2) is 0 Å². The van der Waals surface area contributed by atoms with E-state index in [1.165, 1.54) is 38.5 Å². The Bertz CT molecular complexity index is 220. The topological polar surface area (TPSA) is 26.0 Å². The zero-order valence-corrected chi connectivity index (χ0v) is 12.6. The van der Waals surface area contributed by atoms with Crippen LogP contribution >= 0.6 is 0 Å². The van der Waals surface area contributed by atoms with Crippen LogP contribution in [0.1, 0.15) is 73.1 Å². The van der Waals surface area contributed by atoms with Crippen LogP contribution in [0.3, 0.4) is 0 Å². The van der Waals surface area contributed by atoms with Crippen LogP contribution in [0, 0.1) is 23.7 Å². The predicted molar refractivity (Wildman–Crippen MR) is 77.0 cm³/mol. The van der Waals surface area contributed by atoms with Gasteiger partial charge in [0.05, 0.1) is 0 Å². The molecule has 1 aliphatic rings. The molecule has 0 bridgehead atoms. The molecule has 0 heterocycles. The van der Waals surface area contributed by atoms with Crippen molar-refractivity contribution >= 4 is 0 Å². The van der Waals surface area contributed by atoms with Crippen LogP contribution in [0.4, 0.5) is 0 Å². The first-order chi connectivity index (χ1) is 7.92. The van der Waals surface area contributed by atoms with E-state index in [0.29, 0.717) is 0 Å². The van der Waals surface area contributed by atoms with Gasteiger partial charge in [-0.1, -0.05) is 53.9 Å². The lowest BCUT2D eigenvalue weighted by atomic mass is 9.62. The number of hydrogen-bond donors (Lipinski definition) is 1. The van der Waals surface area contributed by atoms with Gasteiger partial charge in [-0.25, -0.2) is 0 Å². The molecule has 1 aliphatic carbocycles. The summed E-state index contributed by atoms with van der Waals surface area (Å²) in [5, 5.41) is 0. The molecule has 17 heavy (non-hydrogen) atoms. The van der Waals surface area contributed by atoms with Crippen molar-refractivity contribution in [2.24, 2.45) is 29.4 Å². The summed E-state index contributed by atoms with van der Waals surface area (Å²) in [6.45, 7) is 11.7. The highest BCUT2D eigenvalue weighted by atomic mass is 14.8. The van der Waals surface area contributed by atoms with Crippen molar-refractivity contribution in [1.82, 2.24) is 0 Å². The highest BCUT2D eigenvalue weighted by molar-refractivity contribution is 4.98. The third kappa shape index (κ3) is 3.71. The van der Waals surface area contributed by atoms with E-state index in [-0.39, 0.29) is 5.54 Å². The Morgan fingerprint density at radius 3 is 2.24 bits per heavy atom. The van der Waals surface area contributed by atoms with Gasteiger partial charge in [0.2, 0.25) is 0 Å². The molecular formula is C16H33N. The first-order valence-corrected chi connectivity index (χ1v) is 7.71. The maximum Gasteiger partial charge on any atom is 0.0190 e. The van der Waals surface area contributed by atoms with E-state index in [1.807, 2.05) is 0 Å². The van der Waals surface area contributed by atoms with Gasteiger partial charge in [-0.2, -0.15) is 0 Å². The second-order valence-electron chi connectivity index (χ2n) is 6.86. The summed E-state index contributed by atoms with van der Waals surface area (Å²) in [5.41, 5.74) is 6.96. The van der Waals surface area contributed by atoms with Crippen molar-refractivity contribution in [3.8, 4) is 0 Å². The van der Waals surface area contributed by atoms with Crippen molar-refractivity contribution < 1.29 is 0 Å². The quantitative estimate of drug-likeness (QED) is 0.745. The Morgan fingerprint density at radius 2 is 1.76 bits per heavy atom. The van der Waals surface area contributed by atoms with E-state index < -0.39 is 0 Å². The third-order valence-electron chi connectivity index (χ3n) is 5.07. The average molecular weight is 239 g/mol. The van der Waals surface area contributed by atoms with E-state index in [1.54, 1.807) is 0 Å². The van der Waals surface area contributed by atoms with Gasteiger partial charge < -0.3 is 5.73 Å². The fourth-order valence-electron chi connectivity index (χ4n) is 4.00. The molecule has 0 spiro atoms. The van der Waals surface area contributed by atoms with Crippen molar-refractivity contribution in [2.45, 2.75) is 78.7 Å². The normalized spacial score (nSPS) is 34.6.